The highest BCUT2D eigenvalue weighted by molar-refractivity contribution is 5.80. The van der Waals surface area contributed by atoms with E-state index in [0.29, 0.717) is 26.1 Å². The first-order valence-corrected chi connectivity index (χ1v) is 7.55. The fourth-order valence-electron chi connectivity index (χ4n) is 2.75. The number of carbonyl (C=O) groups is 2. The van der Waals surface area contributed by atoms with Gasteiger partial charge in [-0.15, -0.1) is 0 Å². The number of amides is 3. The first-order valence-electron chi connectivity index (χ1n) is 7.55. The Hall–Kier alpha value is -2.83. The van der Waals surface area contributed by atoms with Gasteiger partial charge in [-0.05, 0) is 24.1 Å². The number of aromatic nitrogens is 2. The van der Waals surface area contributed by atoms with Crippen LogP contribution in [0.5, 0.6) is 0 Å². The topological polar surface area (TPSA) is 93.3 Å². The van der Waals surface area contributed by atoms with Crippen LogP contribution in [0.4, 0.5) is 4.79 Å². The predicted molar refractivity (Wildman–Crippen MR) is 84.7 cm³/mol. The summed E-state index contributed by atoms with van der Waals surface area (Å²) >= 11 is 0. The molecule has 1 atom stereocenters. The number of hydrogen-bond donors (Lipinski definition) is 2. The Bertz CT molecular complexity index is 698. The highest BCUT2D eigenvalue weighted by atomic mass is 16.2. The van der Waals surface area contributed by atoms with E-state index in [9.17, 15) is 9.59 Å². The average Bonchev–Trinajstić information content (AvgIpc) is 3.24. The Kier molecular flexibility index (Phi) is 4.27. The van der Waals surface area contributed by atoms with Crippen molar-refractivity contribution in [2.75, 3.05) is 13.1 Å². The molecule has 0 bridgehead atoms. The Morgan fingerprint density at radius 1 is 1.30 bits per heavy atom. The predicted octanol–water partition coefficient (Wildman–Crippen LogP) is 0.889. The highest BCUT2D eigenvalue weighted by Gasteiger charge is 2.29. The fourth-order valence-corrected chi connectivity index (χ4v) is 2.75. The van der Waals surface area contributed by atoms with E-state index in [1.165, 1.54) is 0 Å². The molecule has 2 aromatic rings. The molecule has 1 unspecified atom stereocenters. The molecular weight excluding hydrogens is 294 g/mol. The number of carbonyl (C=O) groups excluding carboxylic acids is 2. The minimum absolute atomic E-state index is 0.177. The maximum atomic E-state index is 12.2. The van der Waals surface area contributed by atoms with Crippen LogP contribution in [-0.4, -0.2) is 39.7 Å². The number of nitrogens with two attached hydrogens (primary N) is 1. The third kappa shape index (κ3) is 3.33. The lowest BCUT2D eigenvalue weighted by atomic mass is 10.1. The summed E-state index contributed by atoms with van der Waals surface area (Å²) in [6.07, 6.45) is 4.20. The zero-order valence-electron chi connectivity index (χ0n) is 12.7. The highest BCUT2D eigenvalue weighted by Crippen LogP contribution is 2.16. The van der Waals surface area contributed by atoms with Crippen molar-refractivity contribution in [2.24, 2.45) is 11.7 Å². The van der Waals surface area contributed by atoms with Crippen LogP contribution >= 0.6 is 0 Å². The molecule has 0 radical (unpaired) electrons. The van der Waals surface area contributed by atoms with Crippen LogP contribution in [0.15, 0.2) is 42.7 Å². The summed E-state index contributed by atoms with van der Waals surface area (Å²) < 4.78 is 1.76. The Balaban J connectivity index is 1.63. The molecule has 23 heavy (non-hydrogen) atoms. The molecule has 1 aromatic heterocycles. The molecule has 7 nitrogen and oxygen atoms in total. The van der Waals surface area contributed by atoms with Crippen LogP contribution in [0, 0.1) is 5.92 Å². The Morgan fingerprint density at radius 3 is 2.83 bits per heavy atom. The average molecular weight is 313 g/mol. The fraction of sp³-hybridized carbons (Fsp3) is 0.312. The zero-order chi connectivity index (χ0) is 16.2. The van der Waals surface area contributed by atoms with Gasteiger partial charge in [0.1, 0.15) is 0 Å². The summed E-state index contributed by atoms with van der Waals surface area (Å²) in [6.45, 7) is 1.34. The number of rotatable bonds is 4. The minimum atomic E-state index is -0.343. The van der Waals surface area contributed by atoms with Crippen molar-refractivity contribution < 1.29 is 9.59 Å². The molecule has 1 fully saturated rings. The third-order valence-corrected chi connectivity index (χ3v) is 4.05. The van der Waals surface area contributed by atoms with Crippen molar-refractivity contribution in [3.05, 3.63) is 48.3 Å². The van der Waals surface area contributed by atoms with Crippen molar-refractivity contribution in [1.82, 2.24) is 20.0 Å². The second kappa shape index (κ2) is 6.51. The second-order valence-electron chi connectivity index (χ2n) is 5.57. The normalized spacial score (nSPS) is 17.2. The van der Waals surface area contributed by atoms with Gasteiger partial charge in [0.25, 0.3) is 0 Å². The van der Waals surface area contributed by atoms with Crippen molar-refractivity contribution >= 4 is 11.9 Å². The van der Waals surface area contributed by atoms with Gasteiger partial charge in [0.15, 0.2) is 0 Å². The molecule has 120 valence electrons. The molecule has 0 saturated carbocycles. The number of para-hydroxylation sites is 1. The number of nitrogens with zero attached hydrogens (tertiary/aromatic N) is 3. The summed E-state index contributed by atoms with van der Waals surface area (Å²) in [5.41, 5.74) is 7.19. The molecule has 3 amide bonds. The molecular formula is C16H19N5O2. The van der Waals surface area contributed by atoms with Crippen LogP contribution in [-0.2, 0) is 11.3 Å². The quantitative estimate of drug-likeness (QED) is 0.878. The largest absolute Gasteiger partial charge is 0.369 e. The standard InChI is InChI=1S/C16H19N5O2/c17-15(22)13-6-9-20(11-13)16(23)18-10-12-4-1-2-5-14(12)21-8-3-7-19-21/h1-5,7-8,13H,6,9-11H2,(H2,17,22)(H,18,23). The maximum Gasteiger partial charge on any atom is 0.317 e. The lowest BCUT2D eigenvalue weighted by Gasteiger charge is -2.18. The molecule has 2 heterocycles. The summed E-state index contributed by atoms with van der Waals surface area (Å²) in [5, 5.41) is 7.12. The van der Waals surface area contributed by atoms with Crippen molar-refractivity contribution in [1.29, 1.82) is 0 Å². The third-order valence-electron chi connectivity index (χ3n) is 4.05. The van der Waals surface area contributed by atoms with Crippen LogP contribution < -0.4 is 11.1 Å². The lowest BCUT2D eigenvalue weighted by molar-refractivity contribution is -0.121. The van der Waals surface area contributed by atoms with Gasteiger partial charge in [0.05, 0.1) is 11.6 Å². The van der Waals surface area contributed by atoms with Crippen molar-refractivity contribution in [2.45, 2.75) is 13.0 Å². The molecule has 1 saturated heterocycles. The minimum Gasteiger partial charge on any atom is -0.369 e. The van der Waals surface area contributed by atoms with Crippen molar-refractivity contribution in [3.63, 3.8) is 0 Å². The van der Waals surface area contributed by atoms with Gasteiger partial charge < -0.3 is 16.0 Å². The van der Waals surface area contributed by atoms with Crippen LogP contribution in [0.3, 0.4) is 0 Å². The van der Waals surface area contributed by atoms with Gasteiger partial charge in [-0.25, -0.2) is 9.48 Å². The van der Waals surface area contributed by atoms with Crippen molar-refractivity contribution in [3.8, 4) is 5.69 Å². The van der Waals surface area contributed by atoms with E-state index in [0.717, 1.165) is 11.3 Å². The number of hydrogen-bond acceptors (Lipinski definition) is 3. The Morgan fingerprint density at radius 2 is 2.13 bits per heavy atom. The number of likely N-dealkylation sites (tertiary alicyclic amines) is 1. The second-order valence-corrected chi connectivity index (χ2v) is 5.57. The Labute approximate surface area is 134 Å². The number of primary amides is 1. The van der Waals surface area contributed by atoms with Gasteiger partial charge in [0, 0.05) is 32.0 Å². The molecule has 1 aliphatic rings. The summed E-state index contributed by atoms with van der Waals surface area (Å²) in [7, 11) is 0. The van der Waals surface area contributed by atoms with E-state index >= 15 is 0 Å². The molecule has 1 aromatic carbocycles. The molecule has 3 rings (SSSR count). The first kappa shape index (κ1) is 15.1. The molecule has 0 aliphatic carbocycles. The monoisotopic (exact) mass is 313 g/mol. The number of nitrogens with one attached hydrogen (secondary N) is 1. The van der Waals surface area contributed by atoms with Crippen LogP contribution in [0.1, 0.15) is 12.0 Å². The summed E-state index contributed by atoms with van der Waals surface area (Å²) in [4.78, 5) is 25.0. The SMILES string of the molecule is NC(=O)C1CCN(C(=O)NCc2ccccc2-n2cccn2)C1. The van der Waals surface area contributed by atoms with E-state index in [1.807, 2.05) is 36.5 Å². The van der Waals surface area contributed by atoms with E-state index in [-0.39, 0.29) is 17.9 Å². The zero-order valence-corrected chi connectivity index (χ0v) is 12.7. The number of urea groups is 1. The van der Waals surface area contributed by atoms with E-state index in [1.54, 1.807) is 15.8 Å². The molecule has 7 heteroatoms. The molecule has 0 spiro atoms. The lowest BCUT2D eigenvalue weighted by Crippen LogP contribution is -2.39. The molecule has 3 N–H and O–H groups in total. The summed E-state index contributed by atoms with van der Waals surface area (Å²) in [5.74, 6) is -0.582. The number of benzene rings is 1. The van der Waals surface area contributed by atoms with Gasteiger partial charge in [0.2, 0.25) is 5.91 Å². The maximum absolute atomic E-state index is 12.2. The van der Waals surface area contributed by atoms with E-state index < -0.39 is 0 Å². The van der Waals surface area contributed by atoms with Gasteiger partial charge >= 0.3 is 6.03 Å². The van der Waals surface area contributed by atoms with Crippen LogP contribution in [0.2, 0.25) is 0 Å². The van der Waals surface area contributed by atoms with Gasteiger partial charge in [-0.3, -0.25) is 4.79 Å². The van der Waals surface area contributed by atoms with Gasteiger partial charge in [-0.2, -0.15) is 5.10 Å². The van der Waals surface area contributed by atoms with Crippen LogP contribution in [0.25, 0.3) is 5.69 Å². The first-order chi connectivity index (χ1) is 11.1. The van der Waals surface area contributed by atoms with E-state index in [4.69, 9.17) is 5.73 Å². The van der Waals surface area contributed by atoms with Gasteiger partial charge in [-0.1, -0.05) is 18.2 Å². The summed E-state index contributed by atoms with van der Waals surface area (Å²) in [6, 6.07) is 9.43. The smallest absolute Gasteiger partial charge is 0.317 e. The molecule has 1 aliphatic heterocycles. The van der Waals surface area contributed by atoms with E-state index in [2.05, 4.69) is 10.4 Å².